The van der Waals surface area contributed by atoms with E-state index in [0.29, 0.717) is 10.5 Å². The summed E-state index contributed by atoms with van der Waals surface area (Å²) in [5.41, 5.74) is 1.44. The van der Waals surface area contributed by atoms with Gasteiger partial charge in [-0.05, 0) is 65.7 Å². The molecular weight excluding hydrogens is 331 g/mol. The van der Waals surface area contributed by atoms with Gasteiger partial charge in [0.15, 0.2) is 0 Å². The van der Waals surface area contributed by atoms with Crippen molar-refractivity contribution in [3.63, 3.8) is 0 Å². The van der Waals surface area contributed by atoms with Crippen LogP contribution in [0, 0.1) is 11.7 Å². The molecule has 1 aromatic rings. The first-order valence-corrected chi connectivity index (χ1v) is 8.74. The second-order valence-electron chi connectivity index (χ2n) is 6.79. The SMILES string of the molecule is CCC1CNC(C)(C2CC2)CN1Cc1ccc(F)c(Br)c1. The first kappa shape index (κ1) is 15.4. The van der Waals surface area contributed by atoms with E-state index in [1.807, 2.05) is 12.1 Å². The second kappa shape index (κ2) is 5.98. The van der Waals surface area contributed by atoms with Crippen LogP contribution in [-0.2, 0) is 6.54 Å². The number of nitrogens with one attached hydrogen (secondary N) is 1. The van der Waals surface area contributed by atoms with Crippen LogP contribution in [0.2, 0.25) is 0 Å². The summed E-state index contributed by atoms with van der Waals surface area (Å²) >= 11 is 3.29. The van der Waals surface area contributed by atoms with Gasteiger partial charge < -0.3 is 5.32 Å². The Labute approximate surface area is 135 Å². The molecule has 4 heteroatoms. The van der Waals surface area contributed by atoms with Crippen molar-refractivity contribution >= 4 is 15.9 Å². The molecular formula is C17H24BrFN2. The molecule has 1 saturated carbocycles. The number of benzene rings is 1. The third kappa shape index (κ3) is 3.33. The fourth-order valence-corrected chi connectivity index (χ4v) is 3.97. The number of halogens is 2. The maximum atomic E-state index is 13.4. The van der Waals surface area contributed by atoms with E-state index >= 15 is 0 Å². The molecule has 2 nitrogen and oxygen atoms in total. The Hall–Kier alpha value is -0.450. The van der Waals surface area contributed by atoms with Gasteiger partial charge in [0.2, 0.25) is 0 Å². The van der Waals surface area contributed by atoms with E-state index in [-0.39, 0.29) is 11.4 Å². The Morgan fingerprint density at radius 2 is 2.19 bits per heavy atom. The minimum absolute atomic E-state index is 0.186. The fraction of sp³-hybridized carbons (Fsp3) is 0.647. The molecule has 1 aliphatic carbocycles. The minimum Gasteiger partial charge on any atom is -0.308 e. The molecule has 1 aromatic carbocycles. The van der Waals surface area contributed by atoms with E-state index in [9.17, 15) is 4.39 Å². The van der Waals surface area contributed by atoms with Gasteiger partial charge >= 0.3 is 0 Å². The van der Waals surface area contributed by atoms with Gasteiger partial charge in [-0.2, -0.15) is 0 Å². The molecule has 2 aliphatic rings. The zero-order valence-electron chi connectivity index (χ0n) is 12.8. The Balaban J connectivity index is 1.74. The summed E-state index contributed by atoms with van der Waals surface area (Å²) in [5, 5.41) is 3.78. The lowest BCUT2D eigenvalue weighted by Crippen LogP contribution is -2.63. The molecule has 0 bridgehead atoms. The molecule has 0 amide bonds. The predicted octanol–water partition coefficient (Wildman–Crippen LogP) is 3.94. The van der Waals surface area contributed by atoms with Crippen LogP contribution in [0.5, 0.6) is 0 Å². The summed E-state index contributed by atoms with van der Waals surface area (Å²) in [4.78, 5) is 2.58. The monoisotopic (exact) mass is 354 g/mol. The molecule has 1 aliphatic heterocycles. The number of rotatable bonds is 4. The van der Waals surface area contributed by atoms with Crippen LogP contribution in [0.25, 0.3) is 0 Å². The minimum atomic E-state index is -0.186. The third-order valence-electron chi connectivity index (χ3n) is 5.11. The summed E-state index contributed by atoms with van der Waals surface area (Å²) in [6, 6.07) is 5.95. The van der Waals surface area contributed by atoms with Crippen molar-refractivity contribution in [2.24, 2.45) is 5.92 Å². The smallest absolute Gasteiger partial charge is 0.137 e. The van der Waals surface area contributed by atoms with Crippen LogP contribution in [0.15, 0.2) is 22.7 Å². The Morgan fingerprint density at radius 1 is 1.43 bits per heavy atom. The number of hydrogen-bond donors (Lipinski definition) is 1. The standard InChI is InChI=1S/C17H24BrFN2/c1-3-14-9-20-17(2,13-5-6-13)11-21(14)10-12-4-7-16(19)15(18)8-12/h4,7-8,13-14,20H,3,5-6,9-11H2,1-2H3. The highest BCUT2D eigenvalue weighted by molar-refractivity contribution is 9.10. The first-order valence-electron chi connectivity index (χ1n) is 7.95. The summed E-state index contributed by atoms with van der Waals surface area (Å²) < 4.78 is 13.9. The number of hydrogen-bond acceptors (Lipinski definition) is 2. The van der Waals surface area contributed by atoms with E-state index < -0.39 is 0 Å². The van der Waals surface area contributed by atoms with Crippen molar-refractivity contribution in [1.82, 2.24) is 10.2 Å². The summed E-state index contributed by atoms with van der Waals surface area (Å²) in [6.07, 6.45) is 3.86. The maximum absolute atomic E-state index is 13.4. The zero-order chi connectivity index (χ0) is 15.0. The lowest BCUT2D eigenvalue weighted by Gasteiger charge is -2.46. The normalized spacial score (nSPS) is 30.6. The molecule has 1 heterocycles. The van der Waals surface area contributed by atoms with Crippen molar-refractivity contribution in [3.05, 3.63) is 34.1 Å². The third-order valence-corrected chi connectivity index (χ3v) is 5.72. The summed E-state index contributed by atoms with van der Waals surface area (Å²) in [7, 11) is 0. The van der Waals surface area contributed by atoms with E-state index in [2.05, 4.69) is 40.0 Å². The molecule has 0 spiro atoms. The Morgan fingerprint density at radius 3 is 2.81 bits per heavy atom. The number of nitrogens with zero attached hydrogens (tertiary/aromatic N) is 1. The van der Waals surface area contributed by atoms with Crippen LogP contribution < -0.4 is 5.32 Å². The van der Waals surface area contributed by atoms with Gasteiger partial charge in [-0.3, -0.25) is 4.90 Å². The van der Waals surface area contributed by atoms with E-state index in [1.54, 1.807) is 6.07 Å². The molecule has 0 aromatic heterocycles. The van der Waals surface area contributed by atoms with Crippen LogP contribution in [-0.4, -0.2) is 29.6 Å². The fourth-order valence-electron chi connectivity index (χ4n) is 3.54. The molecule has 3 rings (SSSR count). The predicted molar refractivity (Wildman–Crippen MR) is 87.7 cm³/mol. The molecule has 1 N–H and O–H groups in total. The molecule has 0 radical (unpaired) electrons. The van der Waals surface area contributed by atoms with Crippen molar-refractivity contribution in [2.45, 2.75) is 51.2 Å². The molecule has 2 atom stereocenters. The quantitative estimate of drug-likeness (QED) is 0.880. The van der Waals surface area contributed by atoms with Crippen molar-refractivity contribution in [3.8, 4) is 0 Å². The first-order chi connectivity index (χ1) is 10.0. The maximum Gasteiger partial charge on any atom is 0.137 e. The van der Waals surface area contributed by atoms with Gasteiger partial charge in [0.05, 0.1) is 4.47 Å². The average molecular weight is 355 g/mol. The highest BCUT2D eigenvalue weighted by Gasteiger charge is 2.45. The lowest BCUT2D eigenvalue weighted by atomic mass is 9.90. The van der Waals surface area contributed by atoms with Crippen LogP contribution >= 0.6 is 15.9 Å². The van der Waals surface area contributed by atoms with Crippen LogP contribution in [0.1, 0.15) is 38.7 Å². The molecule has 1 saturated heterocycles. The van der Waals surface area contributed by atoms with Crippen LogP contribution in [0.4, 0.5) is 4.39 Å². The van der Waals surface area contributed by atoms with Crippen molar-refractivity contribution < 1.29 is 4.39 Å². The van der Waals surface area contributed by atoms with E-state index in [1.165, 1.54) is 18.4 Å². The van der Waals surface area contributed by atoms with Crippen LogP contribution in [0.3, 0.4) is 0 Å². The van der Waals surface area contributed by atoms with Gasteiger partial charge in [-0.1, -0.05) is 13.0 Å². The largest absolute Gasteiger partial charge is 0.308 e. The highest BCUT2D eigenvalue weighted by atomic mass is 79.9. The number of piperazine rings is 1. The Bertz CT molecular complexity index is 518. The van der Waals surface area contributed by atoms with Crippen molar-refractivity contribution in [1.29, 1.82) is 0 Å². The van der Waals surface area contributed by atoms with E-state index in [0.717, 1.165) is 32.0 Å². The van der Waals surface area contributed by atoms with Crippen molar-refractivity contribution in [2.75, 3.05) is 13.1 Å². The van der Waals surface area contributed by atoms with Gasteiger partial charge in [0.1, 0.15) is 5.82 Å². The Kier molecular flexibility index (Phi) is 4.40. The summed E-state index contributed by atoms with van der Waals surface area (Å²) in [5.74, 6) is 0.645. The van der Waals surface area contributed by atoms with Gasteiger partial charge in [0.25, 0.3) is 0 Å². The second-order valence-corrected chi connectivity index (χ2v) is 7.64. The highest BCUT2D eigenvalue weighted by Crippen LogP contribution is 2.41. The van der Waals surface area contributed by atoms with E-state index in [4.69, 9.17) is 0 Å². The average Bonchev–Trinajstić information content (AvgIpc) is 3.28. The summed E-state index contributed by atoms with van der Waals surface area (Å²) in [6.45, 7) is 7.67. The molecule has 2 unspecified atom stereocenters. The molecule has 116 valence electrons. The molecule has 2 fully saturated rings. The topological polar surface area (TPSA) is 15.3 Å². The lowest BCUT2D eigenvalue weighted by molar-refractivity contribution is 0.0665. The van der Waals surface area contributed by atoms with Gasteiger partial charge in [-0.15, -0.1) is 0 Å². The van der Waals surface area contributed by atoms with Gasteiger partial charge in [-0.25, -0.2) is 4.39 Å². The molecule has 21 heavy (non-hydrogen) atoms. The van der Waals surface area contributed by atoms with Gasteiger partial charge in [0, 0.05) is 31.2 Å². The zero-order valence-corrected chi connectivity index (χ0v) is 14.4.